The predicted octanol–water partition coefficient (Wildman–Crippen LogP) is 4.54. The van der Waals surface area contributed by atoms with Gasteiger partial charge in [-0.3, -0.25) is 0 Å². The van der Waals surface area contributed by atoms with Gasteiger partial charge >= 0.3 is 0 Å². The maximum absolute atomic E-state index is 5.45. The van der Waals surface area contributed by atoms with Crippen molar-refractivity contribution in [3.8, 4) is 34.3 Å². The first-order chi connectivity index (χ1) is 17.1. The third kappa shape index (κ3) is 3.95. The van der Waals surface area contributed by atoms with Crippen molar-refractivity contribution in [3.63, 3.8) is 0 Å². The molecule has 0 bridgehead atoms. The third-order valence-electron chi connectivity index (χ3n) is 6.75. The van der Waals surface area contributed by atoms with Crippen LogP contribution in [-0.2, 0) is 0 Å². The Bertz CT molecular complexity index is 1510. The number of methoxy groups -OCH3 is 2. The van der Waals surface area contributed by atoms with Gasteiger partial charge in [0.15, 0.2) is 11.5 Å². The summed E-state index contributed by atoms with van der Waals surface area (Å²) in [5.41, 5.74) is 7.04. The summed E-state index contributed by atoms with van der Waals surface area (Å²) in [5.74, 6) is 2.99. The minimum absolute atomic E-state index is 0.671. The molecule has 5 aromatic rings. The lowest BCUT2D eigenvalue weighted by atomic mass is 10.2. The topological polar surface area (TPSA) is 82.3 Å². The molecule has 35 heavy (non-hydrogen) atoms. The van der Waals surface area contributed by atoms with Crippen molar-refractivity contribution in [3.05, 3.63) is 54.6 Å². The molecule has 0 amide bonds. The van der Waals surface area contributed by atoms with Crippen LogP contribution in [0.25, 0.3) is 44.8 Å². The largest absolute Gasteiger partial charge is 0.493 e. The van der Waals surface area contributed by atoms with Gasteiger partial charge < -0.3 is 29.2 Å². The quantitative estimate of drug-likeness (QED) is 0.394. The first-order valence-electron chi connectivity index (χ1n) is 11.8. The molecular weight excluding hydrogens is 440 g/mol. The number of nitrogens with one attached hydrogen (secondary N) is 2. The number of hydrogen-bond donors (Lipinski definition) is 2. The van der Waals surface area contributed by atoms with E-state index in [1.54, 1.807) is 14.2 Å². The molecule has 3 aromatic carbocycles. The molecule has 8 nitrogen and oxygen atoms in total. The van der Waals surface area contributed by atoms with Gasteiger partial charge in [-0.25, -0.2) is 9.97 Å². The van der Waals surface area contributed by atoms with Crippen LogP contribution in [0.15, 0.2) is 54.6 Å². The van der Waals surface area contributed by atoms with E-state index in [0.29, 0.717) is 11.5 Å². The van der Waals surface area contributed by atoms with E-state index in [1.807, 2.05) is 24.3 Å². The SMILES string of the molecule is COc1ccc(-c2nc3ccc(-c4nc5ccc(N6CCN(C)CC6)cc5[nH]4)cc3[nH]2)cc1OC. The summed E-state index contributed by atoms with van der Waals surface area (Å²) in [7, 11) is 5.44. The second-order valence-corrected chi connectivity index (χ2v) is 8.96. The van der Waals surface area contributed by atoms with Gasteiger partial charge in [-0.05, 0) is 61.6 Å². The van der Waals surface area contributed by atoms with Crippen LogP contribution in [0.5, 0.6) is 11.5 Å². The molecular formula is C27H28N6O2. The number of rotatable bonds is 5. The Hall–Kier alpha value is -4.04. The molecule has 8 heteroatoms. The fraction of sp³-hybridized carbons (Fsp3) is 0.259. The molecule has 0 saturated carbocycles. The summed E-state index contributed by atoms with van der Waals surface area (Å²) in [4.78, 5) is 21.4. The molecule has 0 spiro atoms. The molecule has 6 rings (SSSR count). The summed E-state index contributed by atoms with van der Waals surface area (Å²) >= 11 is 0. The summed E-state index contributed by atoms with van der Waals surface area (Å²) in [6.07, 6.45) is 0. The predicted molar refractivity (Wildman–Crippen MR) is 139 cm³/mol. The standard InChI is InChI=1S/C27H28N6O2/c1-32-10-12-33(13-11-32)19-6-8-21-23(16-19)31-26(29-21)17-4-7-20-22(14-17)30-27(28-20)18-5-9-24(34-2)25(15-18)35-3/h4-9,14-16H,10-13H2,1-3H3,(H,28,30)(H,29,31). The van der Waals surface area contributed by atoms with E-state index in [0.717, 1.165) is 71.0 Å². The number of piperazine rings is 1. The first kappa shape index (κ1) is 21.5. The van der Waals surface area contributed by atoms with Crippen molar-refractivity contribution < 1.29 is 9.47 Å². The van der Waals surface area contributed by atoms with E-state index < -0.39 is 0 Å². The van der Waals surface area contributed by atoms with Crippen molar-refractivity contribution >= 4 is 27.8 Å². The Morgan fingerprint density at radius 2 is 1.29 bits per heavy atom. The normalized spacial score (nSPS) is 14.7. The molecule has 1 aliphatic rings. The summed E-state index contributed by atoms with van der Waals surface area (Å²) in [5, 5.41) is 0. The van der Waals surface area contributed by atoms with Crippen molar-refractivity contribution in [2.75, 3.05) is 52.3 Å². The van der Waals surface area contributed by atoms with E-state index in [-0.39, 0.29) is 0 Å². The number of aromatic nitrogens is 4. The summed E-state index contributed by atoms with van der Waals surface area (Å²) < 4.78 is 10.8. The van der Waals surface area contributed by atoms with Crippen LogP contribution in [-0.4, -0.2) is 72.3 Å². The Labute approximate surface area is 203 Å². The highest BCUT2D eigenvalue weighted by Crippen LogP contribution is 2.33. The lowest BCUT2D eigenvalue weighted by Crippen LogP contribution is -2.44. The molecule has 0 radical (unpaired) electrons. The molecule has 2 N–H and O–H groups in total. The molecule has 1 fully saturated rings. The zero-order valence-electron chi connectivity index (χ0n) is 20.1. The molecule has 178 valence electrons. The van der Waals surface area contributed by atoms with E-state index >= 15 is 0 Å². The highest BCUT2D eigenvalue weighted by Gasteiger charge is 2.16. The van der Waals surface area contributed by atoms with Crippen LogP contribution in [0.3, 0.4) is 0 Å². The van der Waals surface area contributed by atoms with Crippen LogP contribution in [0.1, 0.15) is 0 Å². The minimum atomic E-state index is 0.671. The van der Waals surface area contributed by atoms with E-state index in [2.05, 4.69) is 57.1 Å². The van der Waals surface area contributed by atoms with Gasteiger partial charge in [0.05, 0.1) is 36.3 Å². The van der Waals surface area contributed by atoms with Crippen molar-refractivity contribution in [2.24, 2.45) is 0 Å². The smallest absolute Gasteiger partial charge is 0.161 e. The van der Waals surface area contributed by atoms with Gasteiger partial charge in [-0.2, -0.15) is 0 Å². The van der Waals surface area contributed by atoms with Crippen LogP contribution >= 0.6 is 0 Å². The second-order valence-electron chi connectivity index (χ2n) is 8.96. The molecule has 1 aliphatic heterocycles. The average molecular weight is 469 g/mol. The number of fused-ring (bicyclic) bond motifs is 2. The van der Waals surface area contributed by atoms with E-state index in [1.165, 1.54) is 5.69 Å². The Balaban J connectivity index is 1.31. The third-order valence-corrected chi connectivity index (χ3v) is 6.75. The monoisotopic (exact) mass is 468 g/mol. The molecule has 3 heterocycles. The second kappa shape index (κ2) is 8.63. The van der Waals surface area contributed by atoms with Crippen LogP contribution in [0.4, 0.5) is 5.69 Å². The van der Waals surface area contributed by atoms with Crippen molar-refractivity contribution in [1.29, 1.82) is 0 Å². The lowest BCUT2D eigenvalue weighted by Gasteiger charge is -2.34. The summed E-state index contributed by atoms with van der Waals surface area (Å²) in [6.45, 7) is 4.26. The zero-order valence-corrected chi connectivity index (χ0v) is 20.1. The minimum Gasteiger partial charge on any atom is -0.493 e. The zero-order chi connectivity index (χ0) is 23.9. The van der Waals surface area contributed by atoms with Gasteiger partial charge in [-0.15, -0.1) is 0 Å². The lowest BCUT2D eigenvalue weighted by molar-refractivity contribution is 0.313. The Morgan fingerprint density at radius 3 is 1.97 bits per heavy atom. The molecule has 0 atom stereocenters. The molecule has 1 saturated heterocycles. The number of likely N-dealkylation sites (N-methyl/N-ethyl adjacent to an activating group) is 1. The Kier molecular flexibility index (Phi) is 5.30. The Morgan fingerprint density at radius 1 is 0.686 bits per heavy atom. The maximum Gasteiger partial charge on any atom is 0.161 e. The average Bonchev–Trinajstić information content (AvgIpc) is 3.52. The number of hydrogen-bond acceptors (Lipinski definition) is 6. The van der Waals surface area contributed by atoms with Gasteiger partial charge in [0.25, 0.3) is 0 Å². The number of benzene rings is 3. The highest BCUT2D eigenvalue weighted by atomic mass is 16.5. The fourth-order valence-electron chi connectivity index (χ4n) is 4.67. The number of anilines is 1. The van der Waals surface area contributed by atoms with Crippen LogP contribution in [0, 0.1) is 0 Å². The van der Waals surface area contributed by atoms with Crippen LogP contribution in [0.2, 0.25) is 0 Å². The maximum atomic E-state index is 5.45. The number of ether oxygens (including phenoxy) is 2. The van der Waals surface area contributed by atoms with Crippen LogP contribution < -0.4 is 14.4 Å². The van der Waals surface area contributed by atoms with E-state index in [4.69, 9.17) is 19.4 Å². The van der Waals surface area contributed by atoms with Gasteiger partial charge in [-0.1, -0.05) is 0 Å². The number of H-pyrrole nitrogens is 2. The van der Waals surface area contributed by atoms with Crippen molar-refractivity contribution in [2.45, 2.75) is 0 Å². The summed E-state index contributed by atoms with van der Waals surface area (Å²) in [6, 6.07) is 18.4. The van der Waals surface area contributed by atoms with E-state index in [9.17, 15) is 0 Å². The number of aromatic amines is 2. The molecule has 0 aliphatic carbocycles. The number of nitrogens with zero attached hydrogens (tertiary/aromatic N) is 4. The molecule has 0 unspecified atom stereocenters. The van der Waals surface area contributed by atoms with Gasteiger partial charge in [0.1, 0.15) is 11.6 Å². The van der Waals surface area contributed by atoms with Gasteiger partial charge in [0, 0.05) is 43.0 Å². The first-order valence-corrected chi connectivity index (χ1v) is 11.8. The highest BCUT2D eigenvalue weighted by molar-refractivity contribution is 5.87. The fourth-order valence-corrected chi connectivity index (χ4v) is 4.67. The van der Waals surface area contributed by atoms with Gasteiger partial charge in [0.2, 0.25) is 0 Å². The number of imidazole rings is 2. The van der Waals surface area contributed by atoms with Crippen molar-refractivity contribution in [1.82, 2.24) is 24.8 Å². The molecule has 2 aromatic heterocycles.